The Balaban J connectivity index is 3.75. The molecule has 0 aliphatic carbocycles. The second-order valence-corrected chi connectivity index (χ2v) is 1.66. The van der Waals surface area contributed by atoms with Crippen LogP contribution in [0.3, 0.4) is 0 Å². The zero-order valence-electron chi connectivity index (χ0n) is 5.17. The predicted octanol–water partition coefficient (Wildman–Crippen LogP) is -0.267. The summed E-state index contributed by atoms with van der Waals surface area (Å²) in [5, 5.41) is 0. The van der Waals surface area contributed by atoms with E-state index in [4.69, 9.17) is 31.4 Å². The number of hydrogen-bond acceptors (Lipinski definition) is 0. The quantitative estimate of drug-likeness (QED) is 0.426. The van der Waals surface area contributed by atoms with Crippen molar-refractivity contribution in [2.45, 2.75) is 6.42 Å². The topological polar surface area (TPSA) is 0 Å². The lowest BCUT2D eigenvalue weighted by atomic mass is 9.77. The second kappa shape index (κ2) is 4.60. The van der Waals surface area contributed by atoms with E-state index >= 15 is 0 Å². The molecule has 0 fully saturated rings. The van der Waals surface area contributed by atoms with Crippen molar-refractivity contribution in [2.75, 3.05) is 0 Å². The summed E-state index contributed by atoms with van der Waals surface area (Å²) >= 11 is 0. The van der Waals surface area contributed by atoms with Gasteiger partial charge >= 0.3 is 0 Å². The monoisotopic (exact) mass is 108 g/mol. The zero-order valence-corrected chi connectivity index (χ0v) is 5.17. The van der Waals surface area contributed by atoms with Crippen molar-refractivity contribution in [3.63, 3.8) is 0 Å². The number of allylic oxidation sites excluding steroid dienone is 2. The lowest BCUT2D eigenvalue weighted by molar-refractivity contribution is 1.33. The maximum absolute atomic E-state index is 5.31. The Morgan fingerprint density at radius 2 is 1.33 bits per heavy atom. The van der Waals surface area contributed by atoms with Crippen LogP contribution >= 0.6 is 0 Å². The Morgan fingerprint density at radius 1 is 1.00 bits per heavy atom. The van der Waals surface area contributed by atoms with Crippen molar-refractivity contribution < 1.29 is 0 Å². The molecule has 0 spiro atoms. The third kappa shape index (κ3) is 4.26. The summed E-state index contributed by atoms with van der Waals surface area (Å²) < 4.78 is 0. The summed E-state index contributed by atoms with van der Waals surface area (Å²) in [5.41, 5.74) is 1.04. The van der Waals surface area contributed by atoms with E-state index in [0.29, 0.717) is 17.4 Å². The molecule has 0 nitrogen and oxygen atoms in total. The van der Waals surface area contributed by atoms with E-state index in [1.54, 1.807) is 0 Å². The molecule has 0 N–H and O–H groups in total. The molecule has 0 atom stereocenters. The van der Waals surface area contributed by atoms with Crippen molar-refractivity contribution in [1.82, 2.24) is 0 Å². The van der Waals surface area contributed by atoms with E-state index in [1.165, 1.54) is 12.0 Å². The van der Waals surface area contributed by atoms with Gasteiger partial charge in [-0.1, -0.05) is 0 Å². The van der Waals surface area contributed by atoms with E-state index in [0.717, 1.165) is 0 Å². The number of rotatable bonds is 2. The molecule has 9 heavy (non-hydrogen) atoms. The highest BCUT2D eigenvalue weighted by Crippen LogP contribution is 2.01. The second-order valence-electron chi connectivity index (χ2n) is 1.66. The molecule has 0 heterocycles. The van der Waals surface area contributed by atoms with Crippen molar-refractivity contribution in [3.8, 4) is 0 Å². The third-order valence-electron chi connectivity index (χ3n) is 0.836. The normalized spacial score (nSPS) is 13.8. The first-order chi connectivity index (χ1) is 4.20. The summed E-state index contributed by atoms with van der Waals surface area (Å²) in [4.78, 5) is 0. The molecule has 0 saturated heterocycles. The van der Waals surface area contributed by atoms with Gasteiger partial charge in [-0.3, -0.25) is 0 Å². The van der Waals surface area contributed by atoms with Gasteiger partial charge in [0.2, 0.25) is 0 Å². The van der Waals surface area contributed by atoms with Gasteiger partial charge in [-0.05, 0) is 6.42 Å². The third-order valence-corrected chi connectivity index (χ3v) is 0.836. The smallest absolute Gasteiger partial charge is 0.106 e. The molecular formula is C5H4B4. The van der Waals surface area contributed by atoms with Crippen LogP contribution in [0.5, 0.6) is 0 Å². The molecule has 0 aromatic heterocycles. The average Bonchev–Trinajstić information content (AvgIpc) is 1.87. The molecule has 0 aliphatic rings. The van der Waals surface area contributed by atoms with Crippen LogP contribution in [0, 0.1) is 0 Å². The lowest BCUT2D eigenvalue weighted by Crippen LogP contribution is -1.87. The lowest BCUT2D eigenvalue weighted by Gasteiger charge is -1.99. The maximum atomic E-state index is 5.31. The first kappa shape index (κ1) is 8.74. The summed E-state index contributed by atoms with van der Waals surface area (Å²) in [6, 6.07) is 0. The predicted molar refractivity (Wildman–Crippen MR) is 43.8 cm³/mol. The molecule has 0 aliphatic heterocycles. The van der Waals surface area contributed by atoms with E-state index in [9.17, 15) is 0 Å². The van der Waals surface area contributed by atoms with E-state index in [2.05, 4.69) is 0 Å². The van der Waals surface area contributed by atoms with Crippen LogP contribution in [0.15, 0.2) is 22.9 Å². The minimum atomic E-state index is 0.438. The summed E-state index contributed by atoms with van der Waals surface area (Å²) in [6.07, 6.45) is 0.438. The molecule has 0 bridgehead atoms. The van der Waals surface area contributed by atoms with Crippen molar-refractivity contribution in [3.05, 3.63) is 22.9 Å². The molecule has 4 heteroatoms. The van der Waals surface area contributed by atoms with E-state index in [1.807, 2.05) is 0 Å². The molecule has 0 aromatic carbocycles. The molecule has 0 rings (SSSR count). The van der Waals surface area contributed by atoms with Gasteiger partial charge in [-0.2, -0.15) is 0 Å². The van der Waals surface area contributed by atoms with Crippen LogP contribution in [0.4, 0.5) is 0 Å². The van der Waals surface area contributed by atoms with Gasteiger partial charge < -0.3 is 0 Å². The van der Waals surface area contributed by atoms with Crippen LogP contribution in [-0.2, 0) is 0 Å². The molecular weight excluding hydrogens is 103 g/mol. The highest BCUT2D eigenvalue weighted by atomic mass is 13.8. The molecule has 36 valence electrons. The minimum Gasteiger partial charge on any atom is -0.142 e. The Kier molecular flexibility index (Phi) is 4.47. The van der Waals surface area contributed by atoms with Gasteiger partial charge in [0.25, 0.3) is 0 Å². The van der Waals surface area contributed by atoms with Crippen LogP contribution in [0.2, 0.25) is 0 Å². The molecule has 0 amide bonds. The Hall–Kier alpha value is -0.260. The fourth-order valence-electron chi connectivity index (χ4n) is 0.354. The highest BCUT2D eigenvalue weighted by molar-refractivity contribution is 6.32. The van der Waals surface area contributed by atoms with Crippen LogP contribution in [0.1, 0.15) is 6.42 Å². The molecule has 0 unspecified atom stereocenters. The largest absolute Gasteiger partial charge is 0.142 e. The molecule has 0 saturated carbocycles. The Labute approximate surface area is 61.4 Å². The molecule has 8 radical (unpaired) electrons. The average molecular weight is 107 g/mol. The van der Waals surface area contributed by atoms with Gasteiger partial charge in [0.05, 0.1) is 0 Å². The van der Waals surface area contributed by atoms with Crippen LogP contribution < -0.4 is 0 Å². The summed E-state index contributed by atoms with van der Waals surface area (Å²) in [7, 11) is 20.7. The fourth-order valence-corrected chi connectivity index (χ4v) is 0.354. The Morgan fingerprint density at radius 3 is 1.56 bits per heavy atom. The van der Waals surface area contributed by atoms with Crippen molar-refractivity contribution in [2.24, 2.45) is 0 Å². The SMILES string of the molecule is [B]/C=C(\[B])C/C([B])=C/[B]. The van der Waals surface area contributed by atoms with Gasteiger partial charge in [-0.15, -0.1) is 22.9 Å². The fraction of sp³-hybridized carbons (Fsp3) is 0.200. The highest BCUT2D eigenvalue weighted by Gasteiger charge is 1.86. The minimum absolute atomic E-state index is 0.438. The maximum Gasteiger partial charge on any atom is 0.106 e. The van der Waals surface area contributed by atoms with Crippen molar-refractivity contribution in [1.29, 1.82) is 0 Å². The van der Waals surface area contributed by atoms with Gasteiger partial charge in [0.15, 0.2) is 0 Å². The Bertz CT molecular complexity index is 120. The van der Waals surface area contributed by atoms with Crippen molar-refractivity contribution >= 4 is 31.4 Å². The first-order valence-corrected chi connectivity index (χ1v) is 2.53. The van der Waals surface area contributed by atoms with Gasteiger partial charge in [0, 0.05) is 0 Å². The summed E-state index contributed by atoms with van der Waals surface area (Å²) in [5.74, 6) is 2.60. The van der Waals surface area contributed by atoms with Crippen LogP contribution in [-0.4, -0.2) is 31.4 Å². The number of hydrogen-bond donors (Lipinski definition) is 0. The van der Waals surface area contributed by atoms with Gasteiger partial charge in [0.1, 0.15) is 31.4 Å². The van der Waals surface area contributed by atoms with Gasteiger partial charge in [-0.25, -0.2) is 0 Å². The zero-order chi connectivity index (χ0) is 7.28. The summed E-state index contributed by atoms with van der Waals surface area (Å²) in [6.45, 7) is 0. The van der Waals surface area contributed by atoms with E-state index < -0.39 is 0 Å². The first-order valence-electron chi connectivity index (χ1n) is 2.53. The molecule has 0 aromatic rings. The van der Waals surface area contributed by atoms with E-state index in [-0.39, 0.29) is 0 Å². The van der Waals surface area contributed by atoms with Crippen LogP contribution in [0.25, 0.3) is 0 Å². The standard InChI is InChI=1S/C5H4B4/c6-2-4(8)1-5(9)3-7/h2-3H,1H2/b4-2-,5-3-.